The van der Waals surface area contributed by atoms with Crippen molar-refractivity contribution < 1.29 is 13.9 Å². The minimum absolute atomic E-state index is 0.00260. The normalized spacial score (nSPS) is 10.5. The number of carbonyl (C=O) groups is 1. The number of aromatic nitrogens is 3. The molecule has 9 heteroatoms. The maximum atomic E-state index is 13.4. The van der Waals surface area contributed by atoms with Crippen LogP contribution in [-0.4, -0.2) is 34.1 Å². The number of benzene rings is 1. The Hall–Kier alpha value is -3.26. The fraction of sp³-hybridized carbons (Fsp3) is 0.238. The summed E-state index contributed by atoms with van der Waals surface area (Å²) in [6.07, 6.45) is 5.60. The van der Waals surface area contributed by atoms with E-state index in [2.05, 4.69) is 25.6 Å². The summed E-state index contributed by atoms with van der Waals surface area (Å²) in [5, 5.41) is 6.27. The van der Waals surface area contributed by atoms with Crippen LogP contribution in [0.25, 0.3) is 11.1 Å². The molecule has 3 rings (SSSR count). The number of hydrogen-bond acceptors (Lipinski definition) is 7. The molecule has 0 spiro atoms. The summed E-state index contributed by atoms with van der Waals surface area (Å²) < 4.78 is 18.4. The molecule has 0 saturated heterocycles. The van der Waals surface area contributed by atoms with E-state index in [4.69, 9.17) is 16.3 Å². The van der Waals surface area contributed by atoms with E-state index < -0.39 is 11.8 Å². The molecule has 0 atom stereocenters. The molecule has 0 aliphatic heterocycles. The van der Waals surface area contributed by atoms with Gasteiger partial charge in [-0.1, -0.05) is 18.5 Å². The van der Waals surface area contributed by atoms with Crippen LogP contribution in [-0.2, 0) is 4.74 Å². The van der Waals surface area contributed by atoms with Crippen LogP contribution >= 0.6 is 11.6 Å². The van der Waals surface area contributed by atoms with Gasteiger partial charge < -0.3 is 15.4 Å². The van der Waals surface area contributed by atoms with Gasteiger partial charge in [0.25, 0.3) is 0 Å². The molecule has 0 amide bonds. The first-order chi connectivity index (χ1) is 14.5. The van der Waals surface area contributed by atoms with E-state index in [1.807, 2.05) is 6.92 Å². The third-order valence-corrected chi connectivity index (χ3v) is 4.36. The molecular weight excluding hydrogens is 409 g/mol. The maximum Gasteiger partial charge on any atom is 0.339 e. The van der Waals surface area contributed by atoms with Crippen LogP contribution in [0.5, 0.6) is 0 Å². The Bertz CT molecular complexity index is 1050. The van der Waals surface area contributed by atoms with Crippen LogP contribution in [0.2, 0.25) is 5.02 Å². The largest absolute Gasteiger partial charge is 0.462 e. The zero-order valence-corrected chi connectivity index (χ0v) is 17.3. The van der Waals surface area contributed by atoms with Gasteiger partial charge in [0.15, 0.2) is 0 Å². The molecular formula is C21H21ClFN5O2. The van der Waals surface area contributed by atoms with E-state index >= 15 is 0 Å². The van der Waals surface area contributed by atoms with Crippen LogP contribution in [0.15, 0.2) is 42.9 Å². The number of ether oxygens (including phenoxy) is 1. The van der Waals surface area contributed by atoms with Gasteiger partial charge in [-0.05, 0) is 37.6 Å². The lowest BCUT2D eigenvalue weighted by molar-refractivity contribution is 0.0526. The van der Waals surface area contributed by atoms with Crippen molar-refractivity contribution in [2.24, 2.45) is 0 Å². The molecule has 0 aliphatic carbocycles. The molecule has 156 valence electrons. The zero-order valence-electron chi connectivity index (χ0n) is 16.6. The summed E-state index contributed by atoms with van der Waals surface area (Å²) in [4.78, 5) is 25.1. The minimum atomic E-state index is -0.502. The Kier molecular flexibility index (Phi) is 7.13. The van der Waals surface area contributed by atoms with Gasteiger partial charge in [0.1, 0.15) is 11.6 Å². The van der Waals surface area contributed by atoms with Crippen molar-refractivity contribution >= 4 is 35.0 Å². The number of anilines is 3. The second-order valence-corrected chi connectivity index (χ2v) is 6.73. The van der Waals surface area contributed by atoms with Crippen molar-refractivity contribution in [3.8, 4) is 11.1 Å². The average molecular weight is 430 g/mol. The van der Waals surface area contributed by atoms with Crippen molar-refractivity contribution in [1.29, 1.82) is 0 Å². The van der Waals surface area contributed by atoms with Crippen LogP contribution in [0.4, 0.5) is 21.8 Å². The predicted molar refractivity (Wildman–Crippen MR) is 115 cm³/mol. The Morgan fingerprint density at radius 2 is 2.03 bits per heavy atom. The summed E-state index contributed by atoms with van der Waals surface area (Å²) in [5.41, 5.74) is 2.26. The molecule has 0 fully saturated rings. The van der Waals surface area contributed by atoms with Crippen molar-refractivity contribution in [3.05, 3.63) is 59.3 Å². The number of nitrogens with zero attached hydrogens (tertiary/aromatic N) is 3. The second kappa shape index (κ2) is 9.98. The number of esters is 1. The molecule has 0 aliphatic rings. The van der Waals surface area contributed by atoms with Gasteiger partial charge in [-0.2, -0.15) is 4.98 Å². The summed E-state index contributed by atoms with van der Waals surface area (Å²) in [7, 11) is 0. The second-order valence-electron chi connectivity index (χ2n) is 6.32. The average Bonchev–Trinajstić information content (AvgIpc) is 2.75. The van der Waals surface area contributed by atoms with E-state index in [0.29, 0.717) is 40.7 Å². The van der Waals surface area contributed by atoms with E-state index in [0.717, 1.165) is 6.42 Å². The highest BCUT2D eigenvalue weighted by Gasteiger charge is 2.14. The van der Waals surface area contributed by atoms with Crippen molar-refractivity contribution in [1.82, 2.24) is 15.0 Å². The Morgan fingerprint density at radius 1 is 1.20 bits per heavy atom. The van der Waals surface area contributed by atoms with Gasteiger partial charge in [-0.3, -0.25) is 4.98 Å². The first-order valence-electron chi connectivity index (χ1n) is 9.47. The number of hydrogen-bond donors (Lipinski definition) is 2. The number of rotatable bonds is 8. The molecule has 0 saturated carbocycles. The van der Waals surface area contributed by atoms with Crippen LogP contribution in [0.3, 0.4) is 0 Å². The van der Waals surface area contributed by atoms with E-state index in [1.165, 1.54) is 18.3 Å². The first-order valence-corrected chi connectivity index (χ1v) is 9.85. The fourth-order valence-electron chi connectivity index (χ4n) is 2.65. The predicted octanol–water partition coefficient (Wildman–Crippen LogP) is 5.07. The molecule has 2 aromatic heterocycles. The lowest BCUT2D eigenvalue weighted by Crippen LogP contribution is -2.08. The van der Waals surface area contributed by atoms with Gasteiger partial charge in [-0.15, -0.1) is 0 Å². The molecule has 2 heterocycles. The number of halogens is 2. The quantitative estimate of drug-likeness (QED) is 0.483. The monoisotopic (exact) mass is 429 g/mol. The highest BCUT2D eigenvalue weighted by atomic mass is 35.5. The van der Waals surface area contributed by atoms with Crippen LogP contribution in [0, 0.1) is 5.82 Å². The third-order valence-electron chi connectivity index (χ3n) is 4.07. The van der Waals surface area contributed by atoms with E-state index in [-0.39, 0.29) is 11.6 Å². The molecule has 1 aromatic carbocycles. The summed E-state index contributed by atoms with van der Waals surface area (Å²) in [6, 6.07) is 5.96. The van der Waals surface area contributed by atoms with Gasteiger partial charge >= 0.3 is 5.97 Å². The van der Waals surface area contributed by atoms with Crippen LogP contribution in [0.1, 0.15) is 30.6 Å². The summed E-state index contributed by atoms with van der Waals surface area (Å²) in [5.74, 6) is -0.0556. The third kappa shape index (κ3) is 5.21. The van der Waals surface area contributed by atoms with Gasteiger partial charge in [0.2, 0.25) is 5.95 Å². The van der Waals surface area contributed by atoms with E-state index in [9.17, 15) is 9.18 Å². The standard InChI is InChI=1S/C21H21ClFN5O2/c1-3-7-25-19-16(13-8-14(11-24-10-13)20(29)30-4-2)12-26-21(28-19)27-15-5-6-18(23)17(22)9-15/h5-6,8-12H,3-4,7H2,1-2H3,(H2,25,26,27,28). The highest BCUT2D eigenvalue weighted by molar-refractivity contribution is 6.31. The molecule has 3 aromatic rings. The SMILES string of the molecule is CCCNc1nc(Nc2ccc(F)c(Cl)c2)ncc1-c1cncc(C(=O)OCC)c1. The summed E-state index contributed by atoms with van der Waals surface area (Å²) >= 11 is 5.84. The molecule has 0 radical (unpaired) electrons. The molecule has 7 nitrogen and oxygen atoms in total. The zero-order chi connectivity index (χ0) is 21.5. The van der Waals surface area contributed by atoms with Crippen molar-refractivity contribution in [2.75, 3.05) is 23.8 Å². The first kappa shape index (κ1) is 21.4. The minimum Gasteiger partial charge on any atom is -0.462 e. The number of pyridine rings is 1. The topological polar surface area (TPSA) is 89.0 Å². The Morgan fingerprint density at radius 3 is 2.77 bits per heavy atom. The van der Waals surface area contributed by atoms with E-state index in [1.54, 1.807) is 31.5 Å². The van der Waals surface area contributed by atoms with Crippen LogP contribution < -0.4 is 10.6 Å². The number of carbonyl (C=O) groups excluding carboxylic acids is 1. The Labute approximate surface area is 178 Å². The van der Waals surface area contributed by atoms with Gasteiger partial charge in [0.05, 0.1) is 17.2 Å². The fourth-order valence-corrected chi connectivity index (χ4v) is 2.83. The summed E-state index contributed by atoms with van der Waals surface area (Å²) in [6.45, 7) is 4.76. The molecule has 0 bridgehead atoms. The number of nitrogens with one attached hydrogen (secondary N) is 2. The van der Waals surface area contributed by atoms with Crippen molar-refractivity contribution in [2.45, 2.75) is 20.3 Å². The molecule has 30 heavy (non-hydrogen) atoms. The molecule has 2 N–H and O–H groups in total. The molecule has 0 unspecified atom stereocenters. The van der Waals surface area contributed by atoms with Gasteiger partial charge in [-0.25, -0.2) is 14.2 Å². The Balaban J connectivity index is 1.94. The lowest BCUT2D eigenvalue weighted by atomic mass is 10.1. The smallest absolute Gasteiger partial charge is 0.339 e. The van der Waals surface area contributed by atoms with Crippen molar-refractivity contribution in [3.63, 3.8) is 0 Å². The maximum absolute atomic E-state index is 13.4. The van der Waals surface area contributed by atoms with Gasteiger partial charge in [0, 0.05) is 41.9 Å². The lowest BCUT2D eigenvalue weighted by Gasteiger charge is -2.13. The highest BCUT2D eigenvalue weighted by Crippen LogP contribution is 2.28.